The predicted octanol–water partition coefficient (Wildman–Crippen LogP) is 2.95. The summed E-state index contributed by atoms with van der Waals surface area (Å²) in [6.07, 6.45) is 3.45. The Kier molecular flexibility index (Phi) is 3.31. The van der Waals surface area contributed by atoms with Crippen LogP contribution >= 0.6 is 11.8 Å². The van der Waals surface area contributed by atoms with E-state index in [2.05, 4.69) is 4.98 Å². The summed E-state index contributed by atoms with van der Waals surface area (Å²) in [5.74, 6) is 1.07. The molecule has 1 aromatic heterocycles. The predicted molar refractivity (Wildman–Crippen MR) is 63.0 cm³/mol. The second-order valence-electron chi connectivity index (χ2n) is 3.12. The van der Waals surface area contributed by atoms with Crippen LogP contribution in [0.4, 0.5) is 0 Å². The first-order valence-electron chi connectivity index (χ1n) is 4.74. The number of hydrogen-bond donors (Lipinski definition) is 1. The summed E-state index contributed by atoms with van der Waals surface area (Å²) in [5.41, 5.74) is 0. The van der Waals surface area contributed by atoms with Gasteiger partial charge in [-0.15, -0.1) is 0 Å². The highest BCUT2D eigenvalue weighted by molar-refractivity contribution is 7.99. The highest BCUT2D eigenvalue weighted by Crippen LogP contribution is 2.34. The molecular weight excluding hydrogens is 222 g/mol. The van der Waals surface area contributed by atoms with Crippen LogP contribution in [0.25, 0.3) is 0 Å². The van der Waals surface area contributed by atoms with E-state index < -0.39 is 0 Å². The summed E-state index contributed by atoms with van der Waals surface area (Å²) in [6, 6.07) is 8.85. The molecule has 0 saturated carbocycles. The SMILES string of the molecule is COc1ccncc1Sc1ccc(O)cc1. The zero-order valence-corrected chi connectivity index (χ0v) is 9.57. The maximum atomic E-state index is 9.18. The minimum Gasteiger partial charge on any atom is -0.508 e. The molecule has 0 amide bonds. The third kappa shape index (κ3) is 2.46. The van der Waals surface area contributed by atoms with E-state index in [0.29, 0.717) is 0 Å². The van der Waals surface area contributed by atoms with Crippen molar-refractivity contribution in [1.29, 1.82) is 0 Å². The van der Waals surface area contributed by atoms with Gasteiger partial charge in [-0.25, -0.2) is 0 Å². The van der Waals surface area contributed by atoms with Gasteiger partial charge in [-0.3, -0.25) is 4.98 Å². The van der Waals surface area contributed by atoms with Gasteiger partial charge in [0.1, 0.15) is 11.5 Å². The molecule has 4 heteroatoms. The third-order valence-electron chi connectivity index (χ3n) is 2.03. The summed E-state index contributed by atoms with van der Waals surface area (Å²) in [5, 5.41) is 9.18. The molecule has 1 heterocycles. The average Bonchev–Trinajstić information content (AvgIpc) is 2.33. The van der Waals surface area contributed by atoms with Gasteiger partial charge in [0, 0.05) is 17.3 Å². The number of aromatic hydroxyl groups is 1. The molecule has 1 N–H and O–H groups in total. The molecule has 1 aromatic carbocycles. The van der Waals surface area contributed by atoms with Gasteiger partial charge >= 0.3 is 0 Å². The lowest BCUT2D eigenvalue weighted by Crippen LogP contribution is -1.86. The fourth-order valence-electron chi connectivity index (χ4n) is 1.25. The van der Waals surface area contributed by atoms with Crippen LogP contribution < -0.4 is 4.74 Å². The number of rotatable bonds is 3. The van der Waals surface area contributed by atoms with Crippen molar-refractivity contribution in [2.75, 3.05) is 7.11 Å². The number of nitrogens with zero attached hydrogens (tertiary/aromatic N) is 1. The normalized spacial score (nSPS) is 10.1. The molecule has 0 fully saturated rings. The second-order valence-corrected chi connectivity index (χ2v) is 4.24. The van der Waals surface area contributed by atoms with Gasteiger partial charge in [0.2, 0.25) is 0 Å². The van der Waals surface area contributed by atoms with Crippen molar-refractivity contribution in [1.82, 2.24) is 4.98 Å². The molecule has 16 heavy (non-hydrogen) atoms. The van der Waals surface area contributed by atoms with Crippen LogP contribution in [0.3, 0.4) is 0 Å². The van der Waals surface area contributed by atoms with E-state index in [4.69, 9.17) is 4.74 Å². The van der Waals surface area contributed by atoms with Gasteiger partial charge in [-0.2, -0.15) is 0 Å². The fraction of sp³-hybridized carbons (Fsp3) is 0.0833. The molecule has 0 aliphatic heterocycles. The van der Waals surface area contributed by atoms with Gasteiger partial charge in [0.15, 0.2) is 0 Å². The van der Waals surface area contributed by atoms with E-state index >= 15 is 0 Å². The molecule has 0 aliphatic carbocycles. The molecule has 0 aliphatic rings. The van der Waals surface area contributed by atoms with E-state index in [0.717, 1.165) is 15.5 Å². The first-order valence-corrected chi connectivity index (χ1v) is 5.56. The maximum Gasteiger partial charge on any atom is 0.135 e. The van der Waals surface area contributed by atoms with Crippen LogP contribution in [-0.2, 0) is 0 Å². The van der Waals surface area contributed by atoms with Gasteiger partial charge in [-0.05, 0) is 30.3 Å². The van der Waals surface area contributed by atoms with Gasteiger partial charge in [0.25, 0.3) is 0 Å². The third-order valence-corrected chi connectivity index (χ3v) is 3.07. The Balaban J connectivity index is 2.23. The second kappa shape index (κ2) is 4.90. The Hall–Kier alpha value is -1.68. The topological polar surface area (TPSA) is 42.4 Å². The number of pyridine rings is 1. The van der Waals surface area contributed by atoms with Gasteiger partial charge in [0.05, 0.1) is 12.0 Å². The van der Waals surface area contributed by atoms with E-state index in [9.17, 15) is 5.11 Å². The first-order chi connectivity index (χ1) is 7.79. The molecule has 0 spiro atoms. The summed E-state index contributed by atoms with van der Waals surface area (Å²) in [7, 11) is 1.64. The smallest absolute Gasteiger partial charge is 0.135 e. The molecule has 0 radical (unpaired) electrons. The number of ether oxygens (including phenoxy) is 1. The monoisotopic (exact) mass is 233 g/mol. The van der Waals surface area contributed by atoms with Crippen molar-refractivity contribution in [2.24, 2.45) is 0 Å². The van der Waals surface area contributed by atoms with Crippen molar-refractivity contribution >= 4 is 11.8 Å². The molecular formula is C12H11NO2S. The maximum absolute atomic E-state index is 9.18. The lowest BCUT2D eigenvalue weighted by molar-refractivity contribution is 0.404. The minimum atomic E-state index is 0.266. The molecule has 3 nitrogen and oxygen atoms in total. The van der Waals surface area contributed by atoms with Crippen molar-refractivity contribution in [3.05, 3.63) is 42.7 Å². The lowest BCUT2D eigenvalue weighted by Gasteiger charge is -2.06. The Labute approximate surface area is 98.1 Å². The summed E-state index contributed by atoms with van der Waals surface area (Å²) in [4.78, 5) is 6.04. The van der Waals surface area contributed by atoms with Crippen LogP contribution in [0, 0.1) is 0 Å². The Bertz CT molecular complexity index is 471. The van der Waals surface area contributed by atoms with Crippen LogP contribution in [0.2, 0.25) is 0 Å². The van der Waals surface area contributed by atoms with Crippen LogP contribution in [-0.4, -0.2) is 17.2 Å². The highest BCUT2D eigenvalue weighted by Gasteiger charge is 2.04. The summed E-state index contributed by atoms with van der Waals surface area (Å²) >= 11 is 1.55. The Morgan fingerprint density at radius 3 is 2.62 bits per heavy atom. The number of phenols is 1. The van der Waals surface area contributed by atoms with Crippen LogP contribution in [0.5, 0.6) is 11.5 Å². The summed E-state index contributed by atoms with van der Waals surface area (Å²) in [6.45, 7) is 0. The van der Waals surface area contributed by atoms with Crippen LogP contribution in [0.15, 0.2) is 52.5 Å². The van der Waals surface area contributed by atoms with E-state index in [-0.39, 0.29) is 5.75 Å². The average molecular weight is 233 g/mol. The fourth-order valence-corrected chi connectivity index (χ4v) is 2.15. The molecule has 2 rings (SSSR count). The highest BCUT2D eigenvalue weighted by atomic mass is 32.2. The van der Waals surface area contributed by atoms with Crippen molar-refractivity contribution in [3.8, 4) is 11.5 Å². The van der Waals surface area contributed by atoms with Crippen LogP contribution in [0.1, 0.15) is 0 Å². The van der Waals surface area contributed by atoms with Crippen molar-refractivity contribution < 1.29 is 9.84 Å². The molecule has 0 saturated heterocycles. The van der Waals surface area contributed by atoms with Crippen molar-refractivity contribution in [3.63, 3.8) is 0 Å². The molecule has 0 unspecified atom stereocenters. The lowest BCUT2D eigenvalue weighted by atomic mass is 10.3. The van der Waals surface area contributed by atoms with Gasteiger partial charge in [-0.1, -0.05) is 11.8 Å². The molecule has 0 bridgehead atoms. The standard InChI is InChI=1S/C12H11NO2S/c1-15-11-6-7-13-8-12(11)16-10-4-2-9(14)3-5-10/h2-8,14H,1H3. The Morgan fingerprint density at radius 2 is 1.94 bits per heavy atom. The first kappa shape index (κ1) is 10.8. The summed E-state index contributed by atoms with van der Waals surface area (Å²) < 4.78 is 5.23. The number of aromatic nitrogens is 1. The zero-order chi connectivity index (χ0) is 11.4. The van der Waals surface area contributed by atoms with Crippen molar-refractivity contribution in [2.45, 2.75) is 9.79 Å². The molecule has 2 aromatic rings. The quantitative estimate of drug-likeness (QED) is 0.885. The van der Waals surface area contributed by atoms with E-state index in [1.165, 1.54) is 0 Å². The number of hydrogen-bond acceptors (Lipinski definition) is 4. The zero-order valence-electron chi connectivity index (χ0n) is 8.75. The number of phenolic OH excluding ortho intramolecular Hbond substituents is 1. The van der Waals surface area contributed by atoms with E-state index in [1.807, 2.05) is 18.2 Å². The number of benzene rings is 1. The minimum absolute atomic E-state index is 0.266. The molecule has 82 valence electrons. The Morgan fingerprint density at radius 1 is 1.19 bits per heavy atom. The number of methoxy groups -OCH3 is 1. The largest absolute Gasteiger partial charge is 0.508 e. The van der Waals surface area contributed by atoms with Gasteiger partial charge < -0.3 is 9.84 Å². The molecule has 0 atom stereocenters. The van der Waals surface area contributed by atoms with E-state index in [1.54, 1.807) is 43.4 Å².